The number of hydrogen-bond donors (Lipinski definition) is 1. The first-order valence-electron chi connectivity index (χ1n) is 7.10. The molecule has 1 aliphatic carbocycles. The van der Waals surface area contributed by atoms with Crippen LogP contribution in [0.1, 0.15) is 17.0 Å². The normalized spacial score (nSPS) is 18.6. The summed E-state index contributed by atoms with van der Waals surface area (Å²) in [5.74, 6) is 1.30. The Bertz CT molecular complexity index is 832. The van der Waals surface area contributed by atoms with Crippen LogP contribution in [-0.4, -0.2) is 21.8 Å². The summed E-state index contributed by atoms with van der Waals surface area (Å²) in [6, 6.07) is 12.8. The van der Waals surface area contributed by atoms with Gasteiger partial charge in [-0.1, -0.05) is 24.3 Å². The van der Waals surface area contributed by atoms with Gasteiger partial charge in [0.2, 0.25) is 16.8 Å². The van der Waals surface area contributed by atoms with Crippen molar-refractivity contribution in [3.05, 3.63) is 53.6 Å². The fourth-order valence-corrected chi connectivity index (χ4v) is 3.98. The second kappa shape index (κ2) is 5.00. The second-order valence-corrected chi connectivity index (χ2v) is 7.23. The summed E-state index contributed by atoms with van der Waals surface area (Å²) in [6.45, 7) is 0.541. The van der Waals surface area contributed by atoms with Gasteiger partial charge in [0, 0.05) is 18.5 Å². The van der Waals surface area contributed by atoms with Crippen molar-refractivity contribution in [2.45, 2.75) is 17.2 Å². The van der Waals surface area contributed by atoms with Crippen molar-refractivity contribution in [1.82, 2.24) is 4.72 Å². The summed E-state index contributed by atoms with van der Waals surface area (Å²) >= 11 is 0. The standard InChI is InChI=1S/C16H15NO4S/c18-22(19,13-5-6-15-16(8-13)21-10-20-15)17-9-12-7-11-3-1-2-4-14(11)12/h1-6,8,12,17H,7,9-10H2. The van der Waals surface area contributed by atoms with Crippen molar-refractivity contribution in [1.29, 1.82) is 0 Å². The van der Waals surface area contributed by atoms with Gasteiger partial charge in [-0.2, -0.15) is 0 Å². The number of rotatable bonds is 4. The van der Waals surface area contributed by atoms with Crippen LogP contribution >= 0.6 is 0 Å². The van der Waals surface area contributed by atoms with Crippen molar-refractivity contribution in [2.24, 2.45) is 0 Å². The summed E-state index contributed by atoms with van der Waals surface area (Å²) in [7, 11) is -3.54. The number of ether oxygens (including phenoxy) is 2. The van der Waals surface area contributed by atoms with Crippen molar-refractivity contribution in [3.8, 4) is 11.5 Å². The Hall–Kier alpha value is -2.05. The van der Waals surface area contributed by atoms with E-state index in [0.29, 0.717) is 18.0 Å². The molecule has 22 heavy (non-hydrogen) atoms. The van der Waals surface area contributed by atoms with E-state index >= 15 is 0 Å². The Morgan fingerprint density at radius 3 is 2.77 bits per heavy atom. The van der Waals surface area contributed by atoms with E-state index in [2.05, 4.69) is 16.9 Å². The molecule has 1 unspecified atom stereocenters. The van der Waals surface area contributed by atoms with Gasteiger partial charge in [0.15, 0.2) is 11.5 Å². The van der Waals surface area contributed by atoms with Crippen LogP contribution in [0.4, 0.5) is 0 Å². The lowest BCUT2D eigenvalue weighted by Crippen LogP contribution is -2.33. The van der Waals surface area contributed by atoms with E-state index in [0.717, 1.165) is 6.42 Å². The molecule has 0 bridgehead atoms. The van der Waals surface area contributed by atoms with Gasteiger partial charge in [-0.25, -0.2) is 13.1 Å². The third kappa shape index (κ3) is 2.24. The molecule has 2 aromatic rings. The molecule has 0 saturated heterocycles. The highest BCUT2D eigenvalue weighted by Gasteiger charge is 2.27. The van der Waals surface area contributed by atoms with Gasteiger partial charge in [0.05, 0.1) is 4.90 Å². The number of benzene rings is 2. The molecule has 6 heteroatoms. The molecule has 1 N–H and O–H groups in total. The molecular formula is C16H15NO4S. The molecule has 0 radical (unpaired) electrons. The minimum Gasteiger partial charge on any atom is -0.454 e. The number of fused-ring (bicyclic) bond motifs is 2. The van der Waals surface area contributed by atoms with Crippen molar-refractivity contribution in [2.75, 3.05) is 13.3 Å². The Morgan fingerprint density at radius 1 is 1.09 bits per heavy atom. The Balaban J connectivity index is 1.49. The molecule has 114 valence electrons. The van der Waals surface area contributed by atoms with Gasteiger partial charge in [0.25, 0.3) is 0 Å². The Morgan fingerprint density at radius 2 is 1.91 bits per heavy atom. The van der Waals surface area contributed by atoms with Gasteiger partial charge < -0.3 is 9.47 Å². The van der Waals surface area contributed by atoms with Crippen LogP contribution in [-0.2, 0) is 16.4 Å². The smallest absolute Gasteiger partial charge is 0.240 e. The molecule has 0 spiro atoms. The number of hydrogen-bond acceptors (Lipinski definition) is 4. The van der Waals surface area contributed by atoms with Gasteiger partial charge in [-0.05, 0) is 29.7 Å². The average Bonchev–Trinajstić information content (AvgIpc) is 2.95. The summed E-state index contributed by atoms with van der Waals surface area (Å²) in [4.78, 5) is 0.198. The highest BCUT2D eigenvalue weighted by atomic mass is 32.2. The minimum atomic E-state index is -3.54. The Labute approximate surface area is 128 Å². The maximum absolute atomic E-state index is 12.4. The fraction of sp³-hybridized carbons (Fsp3) is 0.250. The molecule has 1 heterocycles. The van der Waals surface area contributed by atoms with E-state index in [1.165, 1.54) is 23.3 Å². The third-order valence-electron chi connectivity index (χ3n) is 4.14. The van der Waals surface area contributed by atoms with Gasteiger partial charge in [-0.15, -0.1) is 0 Å². The predicted molar refractivity (Wildman–Crippen MR) is 80.6 cm³/mol. The van der Waals surface area contributed by atoms with Crippen LogP contribution < -0.4 is 14.2 Å². The lowest BCUT2D eigenvalue weighted by atomic mass is 9.78. The summed E-state index contributed by atoms with van der Waals surface area (Å²) in [6.07, 6.45) is 0.917. The molecule has 5 nitrogen and oxygen atoms in total. The van der Waals surface area contributed by atoms with Crippen LogP contribution in [0.5, 0.6) is 11.5 Å². The summed E-state index contributed by atoms with van der Waals surface area (Å²) in [5, 5.41) is 0. The molecule has 1 aliphatic heterocycles. The monoisotopic (exact) mass is 317 g/mol. The maximum Gasteiger partial charge on any atom is 0.240 e. The SMILES string of the molecule is O=S(=O)(NCC1Cc2ccccc21)c1ccc2c(c1)OCO2. The van der Waals surface area contributed by atoms with E-state index in [1.54, 1.807) is 6.07 Å². The van der Waals surface area contributed by atoms with Crippen LogP contribution in [0.2, 0.25) is 0 Å². The van der Waals surface area contributed by atoms with Crippen LogP contribution in [0.15, 0.2) is 47.4 Å². The molecule has 2 aliphatic rings. The number of sulfonamides is 1. The number of nitrogens with one attached hydrogen (secondary N) is 1. The molecule has 0 aromatic heterocycles. The quantitative estimate of drug-likeness (QED) is 0.937. The molecule has 4 rings (SSSR count). The van der Waals surface area contributed by atoms with Crippen LogP contribution in [0, 0.1) is 0 Å². The van der Waals surface area contributed by atoms with Gasteiger partial charge >= 0.3 is 0 Å². The molecule has 1 atom stereocenters. The Kier molecular flexibility index (Phi) is 3.09. The van der Waals surface area contributed by atoms with Gasteiger partial charge in [-0.3, -0.25) is 0 Å². The average molecular weight is 317 g/mol. The van der Waals surface area contributed by atoms with Crippen LogP contribution in [0.25, 0.3) is 0 Å². The molecule has 0 saturated carbocycles. The van der Waals surface area contributed by atoms with Crippen molar-refractivity contribution < 1.29 is 17.9 Å². The third-order valence-corrected chi connectivity index (χ3v) is 5.56. The first-order chi connectivity index (χ1) is 10.6. The lowest BCUT2D eigenvalue weighted by molar-refractivity contribution is 0.174. The largest absolute Gasteiger partial charge is 0.454 e. The first kappa shape index (κ1) is 13.6. The summed E-state index contributed by atoms with van der Waals surface area (Å²) < 4.78 is 37.9. The van der Waals surface area contributed by atoms with E-state index in [4.69, 9.17) is 9.47 Å². The maximum atomic E-state index is 12.4. The molecule has 0 amide bonds. The molecule has 2 aromatic carbocycles. The topological polar surface area (TPSA) is 64.6 Å². The van der Waals surface area contributed by atoms with E-state index in [1.807, 2.05) is 12.1 Å². The zero-order valence-electron chi connectivity index (χ0n) is 11.8. The fourth-order valence-electron chi connectivity index (χ4n) is 2.88. The zero-order valence-corrected chi connectivity index (χ0v) is 12.6. The van der Waals surface area contributed by atoms with E-state index in [9.17, 15) is 8.42 Å². The lowest BCUT2D eigenvalue weighted by Gasteiger charge is -2.30. The predicted octanol–water partition coefficient (Wildman–Crippen LogP) is 2.03. The van der Waals surface area contributed by atoms with Gasteiger partial charge in [0.1, 0.15) is 0 Å². The zero-order chi connectivity index (χ0) is 15.2. The second-order valence-electron chi connectivity index (χ2n) is 5.47. The van der Waals surface area contributed by atoms with Crippen LogP contribution in [0.3, 0.4) is 0 Å². The molecule has 0 fully saturated rings. The van der Waals surface area contributed by atoms with E-state index in [-0.39, 0.29) is 17.6 Å². The first-order valence-corrected chi connectivity index (χ1v) is 8.59. The minimum absolute atomic E-state index is 0.130. The highest BCUT2D eigenvalue weighted by Crippen LogP contribution is 2.35. The van der Waals surface area contributed by atoms with Crippen molar-refractivity contribution in [3.63, 3.8) is 0 Å². The molecular weight excluding hydrogens is 302 g/mol. The van der Waals surface area contributed by atoms with Crippen molar-refractivity contribution >= 4 is 10.0 Å². The summed E-state index contributed by atoms with van der Waals surface area (Å²) in [5.41, 5.74) is 2.53. The highest BCUT2D eigenvalue weighted by molar-refractivity contribution is 7.89. The van der Waals surface area contributed by atoms with E-state index < -0.39 is 10.0 Å².